The molecule has 0 amide bonds. The molecule has 5 nitrogen and oxygen atoms in total. The SMILES string of the molecule is CN1CCC(Cn2c(-c3ccccn3)nc3cccnc32)CC1. The molecular formula is C18H21N5. The lowest BCUT2D eigenvalue weighted by Gasteiger charge is -2.29. The van der Waals surface area contributed by atoms with Crippen molar-refractivity contribution in [3.05, 3.63) is 42.7 Å². The fraction of sp³-hybridized carbons (Fsp3) is 0.389. The molecule has 5 heteroatoms. The number of nitrogens with zero attached hydrogens (tertiary/aromatic N) is 5. The predicted molar refractivity (Wildman–Crippen MR) is 91.0 cm³/mol. The van der Waals surface area contributed by atoms with Crippen LogP contribution in [0.2, 0.25) is 0 Å². The first-order chi connectivity index (χ1) is 11.3. The van der Waals surface area contributed by atoms with Crippen molar-refractivity contribution in [3.8, 4) is 11.5 Å². The zero-order valence-electron chi connectivity index (χ0n) is 13.4. The third kappa shape index (κ3) is 2.84. The number of fused-ring (bicyclic) bond motifs is 1. The molecule has 0 aliphatic carbocycles. The number of pyridine rings is 2. The van der Waals surface area contributed by atoms with Gasteiger partial charge in [0, 0.05) is 18.9 Å². The molecule has 4 heterocycles. The predicted octanol–water partition coefficient (Wildman–Crippen LogP) is 2.84. The number of hydrogen-bond acceptors (Lipinski definition) is 4. The van der Waals surface area contributed by atoms with E-state index in [9.17, 15) is 0 Å². The first kappa shape index (κ1) is 14.3. The van der Waals surface area contributed by atoms with Gasteiger partial charge in [-0.15, -0.1) is 0 Å². The molecule has 0 radical (unpaired) electrons. The first-order valence-electron chi connectivity index (χ1n) is 8.22. The molecule has 1 aliphatic rings. The van der Waals surface area contributed by atoms with Crippen LogP contribution in [0, 0.1) is 5.92 Å². The number of aromatic nitrogens is 4. The van der Waals surface area contributed by atoms with Gasteiger partial charge in [0.1, 0.15) is 11.2 Å². The molecule has 23 heavy (non-hydrogen) atoms. The van der Waals surface area contributed by atoms with Gasteiger partial charge in [0.15, 0.2) is 11.5 Å². The van der Waals surface area contributed by atoms with Gasteiger partial charge >= 0.3 is 0 Å². The van der Waals surface area contributed by atoms with Gasteiger partial charge in [0.05, 0.1) is 0 Å². The van der Waals surface area contributed by atoms with Crippen molar-refractivity contribution < 1.29 is 0 Å². The minimum absolute atomic E-state index is 0.674. The lowest BCUT2D eigenvalue weighted by atomic mass is 9.97. The summed E-state index contributed by atoms with van der Waals surface area (Å²) in [6.45, 7) is 3.31. The van der Waals surface area contributed by atoms with Crippen LogP contribution in [-0.4, -0.2) is 44.6 Å². The average molecular weight is 307 g/mol. The maximum Gasteiger partial charge on any atom is 0.161 e. The number of likely N-dealkylation sites (tertiary alicyclic amines) is 1. The lowest BCUT2D eigenvalue weighted by molar-refractivity contribution is 0.206. The third-order valence-corrected chi connectivity index (χ3v) is 4.68. The van der Waals surface area contributed by atoms with E-state index in [0.29, 0.717) is 5.92 Å². The van der Waals surface area contributed by atoms with E-state index in [1.165, 1.54) is 25.9 Å². The Balaban J connectivity index is 1.74. The Morgan fingerprint density at radius 2 is 1.87 bits per heavy atom. The molecule has 0 aromatic carbocycles. The molecule has 3 aromatic heterocycles. The highest BCUT2D eigenvalue weighted by Gasteiger charge is 2.21. The van der Waals surface area contributed by atoms with E-state index in [1.54, 1.807) is 0 Å². The van der Waals surface area contributed by atoms with Crippen LogP contribution in [0.15, 0.2) is 42.7 Å². The zero-order chi connectivity index (χ0) is 15.6. The molecule has 4 rings (SSSR count). The van der Waals surface area contributed by atoms with Crippen LogP contribution in [0.25, 0.3) is 22.7 Å². The van der Waals surface area contributed by atoms with Gasteiger partial charge in [-0.3, -0.25) is 4.98 Å². The van der Waals surface area contributed by atoms with Crippen LogP contribution in [0.4, 0.5) is 0 Å². The Bertz CT molecular complexity index is 788. The summed E-state index contributed by atoms with van der Waals surface area (Å²) in [4.78, 5) is 16.3. The zero-order valence-corrected chi connectivity index (χ0v) is 13.4. The largest absolute Gasteiger partial charge is 0.307 e. The Hall–Kier alpha value is -2.27. The Morgan fingerprint density at radius 3 is 2.65 bits per heavy atom. The highest BCUT2D eigenvalue weighted by molar-refractivity contribution is 5.76. The van der Waals surface area contributed by atoms with Crippen molar-refractivity contribution in [1.82, 2.24) is 24.4 Å². The van der Waals surface area contributed by atoms with Gasteiger partial charge in [-0.1, -0.05) is 6.07 Å². The van der Waals surface area contributed by atoms with E-state index in [2.05, 4.69) is 26.5 Å². The van der Waals surface area contributed by atoms with Crippen molar-refractivity contribution in [2.45, 2.75) is 19.4 Å². The standard InChI is InChI=1S/C18H21N5/c1-22-11-7-14(8-12-22)13-23-17-16(6-4-10-20-17)21-18(23)15-5-2-3-9-19-15/h2-6,9-10,14H,7-8,11-13H2,1H3. The molecule has 0 N–H and O–H groups in total. The number of imidazole rings is 1. The quantitative estimate of drug-likeness (QED) is 0.746. The fourth-order valence-corrected chi connectivity index (χ4v) is 3.32. The van der Waals surface area contributed by atoms with Gasteiger partial charge in [-0.05, 0) is 63.2 Å². The van der Waals surface area contributed by atoms with Crippen LogP contribution in [0.3, 0.4) is 0 Å². The Morgan fingerprint density at radius 1 is 1.04 bits per heavy atom. The van der Waals surface area contributed by atoms with Gasteiger partial charge in [-0.2, -0.15) is 0 Å². The smallest absolute Gasteiger partial charge is 0.161 e. The summed E-state index contributed by atoms with van der Waals surface area (Å²) in [5.41, 5.74) is 2.83. The summed E-state index contributed by atoms with van der Waals surface area (Å²) in [6, 6.07) is 9.93. The van der Waals surface area contributed by atoms with Crippen LogP contribution in [0.5, 0.6) is 0 Å². The van der Waals surface area contributed by atoms with E-state index in [0.717, 1.165) is 29.2 Å². The van der Waals surface area contributed by atoms with Gasteiger partial charge in [0.2, 0.25) is 0 Å². The monoisotopic (exact) mass is 307 g/mol. The molecule has 3 aromatic rings. The molecule has 1 saturated heterocycles. The van der Waals surface area contributed by atoms with E-state index < -0.39 is 0 Å². The van der Waals surface area contributed by atoms with Gasteiger partial charge in [-0.25, -0.2) is 9.97 Å². The second-order valence-corrected chi connectivity index (χ2v) is 6.35. The fourth-order valence-electron chi connectivity index (χ4n) is 3.32. The molecule has 0 atom stereocenters. The van der Waals surface area contributed by atoms with Crippen molar-refractivity contribution in [1.29, 1.82) is 0 Å². The minimum Gasteiger partial charge on any atom is -0.307 e. The maximum atomic E-state index is 4.79. The summed E-state index contributed by atoms with van der Waals surface area (Å²) in [7, 11) is 2.20. The van der Waals surface area contributed by atoms with Crippen molar-refractivity contribution in [2.75, 3.05) is 20.1 Å². The Kier molecular flexibility index (Phi) is 3.79. The van der Waals surface area contributed by atoms with Crippen molar-refractivity contribution >= 4 is 11.2 Å². The van der Waals surface area contributed by atoms with E-state index in [4.69, 9.17) is 4.98 Å². The van der Waals surface area contributed by atoms with Crippen LogP contribution in [0.1, 0.15) is 12.8 Å². The third-order valence-electron chi connectivity index (χ3n) is 4.68. The van der Waals surface area contributed by atoms with Crippen molar-refractivity contribution in [2.24, 2.45) is 5.92 Å². The maximum absolute atomic E-state index is 4.79. The molecule has 1 fully saturated rings. The van der Waals surface area contributed by atoms with Gasteiger partial charge in [0.25, 0.3) is 0 Å². The normalized spacial score (nSPS) is 16.9. The molecule has 1 aliphatic heterocycles. The number of piperidine rings is 1. The van der Waals surface area contributed by atoms with E-state index in [-0.39, 0.29) is 0 Å². The first-order valence-corrected chi connectivity index (χ1v) is 8.22. The number of hydrogen-bond donors (Lipinski definition) is 0. The summed E-state index contributed by atoms with van der Waals surface area (Å²) in [6.07, 6.45) is 6.12. The molecule has 0 unspecified atom stereocenters. The topological polar surface area (TPSA) is 46.8 Å². The average Bonchev–Trinajstić information content (AvgIpc) is 2.96. The van der Waals surface area contributed by atoms with Crippen LogP contribution < -0.4 is 0 Å². The summed E-state index contributed by atoms with van der Waals surface area (Å²) < 4.78 is 2.26. The van der Waals surface area contributed by atoms with Gasteiger partial charge < -0.3 is 9.47 Å². The van der Waals surface area contributed by atoms with E-state index >= 15 is 0 Å². The Labute approximate surface area is 136 Å². The highest BCUT2D eigenvalue weighted by atomic mass is 15.1. The second kappa shape index (κ2) is 6.08. The second-order valence-electron chi connectivity index (χ2n) is 6.35. The van der Waals surface area contributed by atoms with E-state index in [1.807, 2.05) is 42.7 Å². The molecule has 118 valence electrons. The molecule has 0 bridgehead atoms. The van der Waals surface area contributed by atoms with Crippen LogP contribution >= 0.6 is 0 Å². The highest BCUT2D eigenvalue weighted by Crippen LogP contribution is 2.26. The molecular weight excluding hydrogens is 286 g/mol. The minimum atomic E-state index is 0.674. The molecule has 0 spiro atoms. The summed E-state index contributed by atoms with van der Waals surface area (Å²) in [5, 5.41) is 0. The molecule has 0 saturated carbocycles. The number of rotatable bonds is 3. The summed E-state index contributed by atoms with van der Waals surface area (Å²) in [5.74, 6) is 1.60. The summed E-state index contributed by atoms with van der Waals surface area (Å²) >= 11 is 0. The van der Waals surface area contributed by atoms with Crippen LogP contribution in [-0.2, 0) is 6.54 Å². The van der Waals surface area contributed by atoms with Crippen molar-refractivity contribution in [3.63, 3.8) is 0 Å². The lowest BCUT2D eigenvalue weighted by Crippen LogP contribution is -2.32.